The molecule has 0 fully saturated rings. The van der Waals surface area contributed by atoms with E-state index >= 15 is 0 Å². The van der Waals surface area contributed by atoms with E-state index < -0.39 is 5.91 Å². The van der Waals surface area contributed by atoms with Crippen LogP contribution in [0.15, 0.2) is 59.3 Å². The molecular formula is C18H13FN2O3. The van der Waals surface area contributed by atoms with Crippen molar-refractivity contribution in [2.75, 3.05) is 5.32 Å². The summed E-state index contributed by atoms with van der Waals surface area (Å²) in [6.07, 6.45) is 1.30. The maximum Gasteiger partial charge on any atom is 0.261 e. The van der Waals surface area contributed by atoms with Gasteiger partial charge in [-0.25, -0.2) is 4.39 Å². The van der Waals surface area contributed by atoms with E-state index in [2.05, 4.69) is 10.5 Å². The zero-order valence-electron chi connectivity index (χ0n) is 12.7. The third-order valence-electron chi connectivity index (χ3n) is 3.47. The molecule has 0 bridgehead atoms. The molecule has 24 heavy (non-hydrogen) atoms. The number of aromatic nitrogens is 1. The molecular weight excluding hydrogens is 311 g/mol. The highest BCUT2D eigenvalue weighted by atomic mass is 19.1. The fraction of sp³-hybridized carbons (Fsp3) is 0.0556. The lowest BCUT2D eigenvalue weighted by molar-refractivity contribution is 0.101. The van der Waals surface area contributed by atoms with Gasteiger partial charge in [0.05, 0.1) is 6.20 Å². The Bertz CT molecular complexity index is 883. The van der Waals surface area contributed by atoms with Crippen molar-refractivity contribution < 1.29 is 18.5 Å². The molecule has 1 N–H and O–H groups in total. The van der Waals surface area contributed by atoms with Crippen LogP contribution in [0.5, 0.6) is 0 Å². The first-order valence-corrected chi connectivity index (χ1v) is 7.17. The van der Waals surface area contributed by atoms with Gasteiger partial charge in [-0.1, -0.05) is 5.16 Å². The van der Waals surface area contributed by atoms with Gasteiger partial charge in [0.15, 0.2) is 11.5 Å². The highest BCUT2D eigenvalue weighted by molar-refractivity contribution is 6.07. The molecule has 5 nitrogen and oxygen atoms in total. The molecule has 0 saturated carbocycles. The van der Waals surface area contributed by atoms with Crippen LogP contribution in [0.3, 0.4) is 0 Å². The van der Waals surface area contributed by atoms with Crippen molar-refractivity contribution >= 4 is 17.4 Å². The number of carbonyl (C=O) groups excluding carboxylic acids is 2. The number of benzene rings is 2. The van der Waals surface area contributed by atoms with Crippen LogP contribution in [-0.4, -0.2) is 16.8 Å². The molecule has 0 radical (unpaired) electrons. The number of hydrogen-bond acceptors (Lipinski definition) is 4. The van der Waals surface area contributed by atoms with Crippen LogP contribution < -0.4 is 5.32 Å². The van der Waals surface area contributed by atoms with Crippen LogP contribution in [-0.2, 0) is 0 Å². The molecule has 1 amide bonds. The van der Waals surface area contributed by atoms with Gasteiger partial charge < -0.3 is 9.84 Å². The topological polar surface area (TPSA) is 72.2 Å². The molecule has 0 aliphatic rings. The van der Waals surface area contributed by atoms with Crippen molar-refractivity contribution in [1.29, 1.82) is 0 Å². The fourth-order valence-electron chi connectivity index (χ4n) is 2.20. The minimum atomic E-state index is -0.411. The Morgan fingerprint density at radius 2 is 1.71 bits per heavy atom. The van der Waals surface area contributed by atoms with Crippen molar-refractivity contribution in [3.05, 3.63) is 71.7 Å². The highest BCUT2D eigenvalue weighted by Gasteiger charge is 2.18. The van der Waals surface area contributed by atoms with E-state index in [4.69, 9.17) is 4.52 Å². The number of hydrogen-bond donors (Lipinski definition) is 1. The van der Waals surface area contributed by atoms with Gasteiger partial charge in [-0.05, 0) is 55.5 Å². The van der Waals surface area contributed by atoms with E-state index in [0.717, 1.165) is 0 Å². The van der Waals surface area contributed by atoms with E-state index in [9.17, 15) is 14.0 Å². The van der Waals surface area contributed by atoms with Crippen molar-refractivity contribution in [2.24, 2.45) is 0 Å². The summed E-state index contributed by atoms with van der Waals surface area (Å²) in [4.78, 5) is 23.7. The van der Waals surface area contributed by atoms with Crippen LogP contribution >= 0.6 is 0 Å². The number of nitrogens with zero attached hydrogens (tertiary/aromatic N) is 1. The van der Waals surface area contributed by atoms with Crippen molar-refractivity contribution in [3.8, 4) is 11.3 Å². The summed E-state index contributed by atoms with van der Waals surface area (Å²) >= 11 is 0. The lowest BCUT2D eigenvalue weighted by Crippen LogP contribution is -2.12. The molecule has 2 aromatic carbocycles. The van der Waals surface area contributed by atoms with E-state index in [0.29, 0.717) is 16.8 Å². The van der Waals surface area contributed by atoms with Gasteiger partial charge in [0.25, 0.3) is 5.91 Å². The molecule has 0 unspecified atom stereocenters. The van der Waals surface area contributed by atoms with E-state index in [1.807, 2.05) is 0 Å². The first-order chi connectivity index (χ1) is 11.5. The highest BCUT2D eigenvalue weighted by Crippen LogP contribution is 2.24. The molecule has 0 aliphatic carbocycles. The first kappa shape index (κ1) is 15.6. The average molecular weight is 324 g/mol. The lowest BCUT2D eigenvalue weighted by atomic mass is 10.1. The molecule has 0 saturated heterocycles. The maximum atomic E-state index is 13.0. The zero-order valence-corrected chi connectivity index (χ0v) is 12.7. The minimum absolute atomic E-state index is 0.0505. The quantitative estimate of drug-likeness (QED) is 0.738. The van der Waals surface area contributed by atoms with Gasteiger partial charge in [-0.2, -0.15) is 0 Å². The first-order valence-electron chi connectivity index (χ1n) is 7.17. The second-order valence-electron chi connectivity index (χ2n) is 5.16. The van der Waals surface area contributed by atoms with Gasteiger partial charge in [-0.15, -0.1) is 0 Å². The van der Waals surface area contributed by atoms with Crippen LogP contribution in [0.4, 0.5) is 10.1 Å². The van der Waals surface area contributed by atoms with E-state index in [-0.39, 0.29) is 22.9 Å². The van der Waals surface area contributed by atoms with Crippen LogP contribution in [0.1, 0.15) is 27.6 Å². The summed E-state index contributed by atoms with van der Waals surface area (Å²) in [5, 5.41) is 6.35. The summed E-state index contributed by atoms with van der Waals surface area (Å²) in [7, 11) is 0. The molecule has 1 heterocycles. The second kappa shape index (κ2) is 6.45. The Morgan fingerprint density at radius 3 is 2.33 bits per heavy atom. The summed E-state index contributed by atoms with van der Waals surface area (Å²) in [6.45, 7) is 1.47. The Hall–Kier alpha value is -3.28. The van der Waals surface area contributed by atoms with Crippen molar-refractivity contribution in [3.63, 3.8) is 0 Å². The van der Waals surface area contributed by atoms with Gasteiger partial charge in [0, 0.05) is 16.8 Å². The summed E-state index contributed by atoms with van der Waals surface area (Å²) in [5.41, 5.74) is 1.88. The largest absolute Gasteiger partial charge is 0.355 e. The SMILES string of the molecule is CC(=O)c1ccc(NC(=O)c2cnoc2-c2ccc(F)cc2)cc1. The number of halogens is 1. The third-order valence-corrected chi connectivity index (χ3v) is 3.47. The maximum absolute atomic E-state index is 13.0. The minimum Gasteiger partial charge on any atom is -0.355 e. The standard InChI is InChI=1S/C18H13FN2O3/c1-11(22)12-4-8-15(9-5-12)21-18(23)16-10-20-24-17(16)13-2-6-14(19)7-3-13/h2-10H,1H3,(H,21,23). The molecule has 1 aromatic heterocycles. The van der Waals surface area contributed by atoms with Gasteiger partial charge >= 0.3 is 0 Å². The Morgan fingerprint density at radius 1 is 1.04 bits per heavy atom. The number of anilines is 1. The third kappa shape index (κ3) is 3.22. The fourth-order valence-corrected chi connectivity index (χ4v) is 2.20. The van der Waals surface area contributed by atoms with Gasteiger partial charge in [-0.3, -0.25) is 9.59 Å². The lowest BCUT2D eigenvalue weighted by Gasteiger charge is -2.05. The predicted molar refractivity (Wildman–Crippen MR) is 86.3 cm³/mol. The zero-order chi connectivity index (χ0) is 17.1. The van der Waals surface area contributed by atoms with Crippen LogP contribution in [0, 0.1) is 5.82 Å². The van der Waals surface area contributed by atoms with Crippen molar-refractivity contribution in [2.45, 2.75) is 6.92 Å². The molecule has 3 aromatic rings. The Kier molecular flexibility index (Phi) is 4.20. The number of ketones is 1. The number of Topliss-reactive ketones (excluding diaryl/α,β-unsaturated/α-hetero) is 1. The summed E-state index contributed by atoms with van der Waals surface area (Å²) < 4.78 is 18.1. The second-order valence-corrected chi connectivity index (χ2v) is 5.16. The number of carbonyl (C=O) groups is 2. The van der Waals surface area contributed by atoms with Crippen LogP contribution in [0.25, 0.3) is 11.3 Å². The molecule has 6 heteroatoms. The molecule has 0 aliphatic heterocycles. The van der Waals surface area contributed by atoms with Crippen LogP contribution in [0.2, 0.25) is 0 Å². The molecule has 120 valence electrons. The van der Waals surface area contributed by atoms with Gasteiger partial charge in [0.2, 0.25) is 0 Å². The molecule has 3 rings (SSSR count). The number of nitrogens with one attached hydrogen (secondary N) is 1. The van der Waals surface area contributed by atoms with E-state index in [1.165, 1.54) is 37.4 Å². The predicted octanol–water partition coefficient (Wildman–Crippen LogP) is 3.94. The normalized spacial score (nSPS) is 10.4. The van der Waals surface area contributed by atoms with E-state index in [1.54, 1.807) is 24.3 Å². The number of amides is 1. The smallest absolute Gasteiger partial charge is 0.261 e. The van der Waals surface area contributed by atoms with Crippen molar-refractivity contribution in [1.82, 2.24) is 5.16 Å². The average Bonchev–Trinajstić information content (AvgIpc) is 3.06. The summed E-state index contributed by atoms with van der Waals surface area (Å²) in [5.74, 6) is -0.584. The molecule has 0 atom stereocenters. The Labute approximate surface area is 137 Å². The Balaban J connectivity index is 1.82. The monoisotopic (exact) mass is 324 g/mol. The summed E-state index contributed by atoms with van der Waals surface area (Å²) in [6, 6.07) is 12.1. The molecule has 0 spiro atoms. The number of rotatable bonds is 4. The van der Waals surface area contributed by atoms with Gasteiger partial charge in [0.1, 0.15) is 11.4 Å².